The van der Waals surface area contributed by atoms with E-state index in [1.165, 1.54) is 5.56 Å². The number of carbonyl (C=O) groups is 1. The quantitative estimate of drug-likeness (QED) is 0.375. The summed E-state index contributed by atoms with van der Waals surface area (Å²) in [4.78, 5) is 15.9. The summed E-state index contributed by atoms with van der Waals surface area (Å²) < 4.78 is 14.9. The third-order valence-corrected chi connectivity index (χ3v) is 6.45. The van der Waals surface area contributed by atoms with E-state index in [4.69, 9.17) is 20.9 Å². The van der Waals surface area contributed by atoms with Crippen molar-refractivity contribution in [2.75, 3.05) is 18.1 Å². The van der Waals surface area contributed by atoms with Crippen LogP contribution in [0.1, 0.15) is 40.4 Å². The minimum atomic E-state index is -0.0909. The third kappa shape index (κ3) is 5.82. The molecule has 0 bridgehead atoms. The number of halogens is 1. The van der Waals surface area contributed by atoms with E-state index < -0.39 is 0 Å². The van der Waals surface area contributed by atoms with Crippen molar-refractivity contribution in [1.82, 2.24) is 5.32 Å². The molecule has 0 fully saturated rings. The highest BCUT2D eigenvalue weighted by atomic mass is 35.5. The van der Waals surface area contributed by atoms with Gasteiger partial charge in [0.1, 0.15) is 5.75 Å². The molecule has 0 atom stereocenters. The van der Waals surface area contributed by atoms with Crippen LogP contribution in [0.2, 0.25) is 5.02 Å². The maximum atomic E-state index is 12.8. The van der Waals surface area contributed by atoms with Crippen molar-refractivity contribution >= 4 is 35.2 Å². The van der Waals surface area contributed by atoms with Gasteiger partial charge in [-0.15, -0.1) is 0 Å². The predicted molar refractivity (Wildman–Crippen MR) is 135 cm³/mol. The summed E-state index contributed by atoms with van der Waals surface area (Å²) in [7, 11) is 0. The maximum Gasteiger partial charge on any atom is 0.251 e. The van der Waals surface area contributed by atoms with E-state index in [0.29, 0.717) is 35.8 Å². The standard InChI is InChI=1S/C26H27ClN2O3S/c1-2-32-25-15-22(27)9-7-21(25)17-29-13-3-4-19-14-20(8-12-24(19)29)26(30)28-16-18-5-10-23(33-31)11-6-18/h5-12,14-15,31H,2-4,13,16-17H2,1H3,(H,28,30). The van der Waals surface area contributed by atoms with Crippen molar-refractivity contribution in [1.29, 1.82) is 0 Å². The second-order valence-electron chi connectivity index (χ2n) is 7.97. The molecule has 3 aromatic rings. The van der Waals surface area contributed by atoms with Gasteiger partial charge in [0.05, 0.1) is 6.61 Å². The number of aryl methyl sites for hydroxylation is 1. The van der Waals surface area contributed by atoms with Crippen molar-refractivity contribution in [3.8, 4) is 5.75 Å². The maximum absolute atomic E-state index is 12.8. The molecule has 0 saturated carbocycles. The molecular formula is C26H27ClN2O3S. The zero-order valence-electron chi connectivity index (χ0n) is 18.5. The molecule has 172 valence electrons. The number of rotatable bonds is 8. The first kappa shape index (κ1) is 23.5. The first-order chi connectivity index (χ1) is 16.1. The van der Waals surface area contributed by atoms with Gasteiger partial charge in [0, 0.05) is 58.4 Å². The SMILES string of the molecule is CCOc1cc(Cl)ccc1CN1CCCc2cc(C(=O)NCc3ccc(SO)cc3)ccc21. The lowest BCUT2D eigenvalue weighted by Crippen LogP contribution is -2.29. The fourth-order valence-corrected chi connectivity index (χ4v) is 4.51. The Kier molecular flexibility index (Phi) is 7.81. The molecule has 3 aromatic carbocycles. The van der Waals surface area contributed by atoms with E-state index in [9.17, 15) is 4.79 Å². The van der Waals surface area contributed by atoms with Gasteiger partial charge in [-0.3, -0.25) is 4.79 Å². The Morgan fingerprint density at radius 2 is 1.97 bits per heavy atom. The van der Waals surface area contributed by atoms with Crippen LogP contribution >= 0.6 is 23.6 Å². The first-order valence-corrected chi connectivity index (χ1v) is 12.2. The summed E-state index contributed by atoms with van der Waals surface area (Å²) in [6.45, 7) is 4.68. The average molecular weight is 483 g/mol. The van der Waals surface area contributed by atoms with Crippen LogP contribution in [-0.4, -0.2) is 23.6 Å². The van der Waals surface area contributed by atoms with E-state index in [0.717, 1.165) is 53.4 Å². The van der Waals surface area contributed by atoms with Crippen molar-refractivity contribution in [2.45, 2.75) is 37.8 Å². The van der Waals surface area contributed by atoms with E-state index in [1.54, 1.807) is 0 Å². The number of carbonyl (C=O) groups excluding carboxylic acids is 1. The van der Waals surface area contributed by atoms with E-state index >= 15 is 0 Å². The van der Waals surface area contributed by atoms with Crippen molar-refractivity contribution in [3.63, 3.8) is 0 Å². The molecule has 0 spiro atoms. The number of fused-ring (bicyclic) bond motifs is 1. The van der Waals surface area contributed by atoms with Crippen LogP contribution in [0.25, 0.3) is 0 Å². The number of nitrogens with zero attached hydrogens (tertiary/aromatic N) is 1. The van der Waals surface area contributed by atoms with Crippen molar-refractivity contribution in [3.05, 3.63) is 87.9 Å². The summed E-state index contributed by atoms with van der Waals surface area (Å²) in [6.07, 6.45) is 1.98. The molecule has 7 heteroatoms. The molecule has 1 aliphatic heterocycles. The number of amides is 1. The van der Waals surface area contributed by atoms with Crippen LogP contribution < -0.4 is 15.0 Å². The summed E-state index contributed by atoms with van der Waals surface area (Å²) in [5, 5.41) is 3.65. The second kappa shape index (κ2) is 11.0. The van der Waals surface area contributed by atoms with Crippen molar-refractivity contribution in [2.24, 2.45) is 0 Å². The van der Waals surface area contributed by atoms with Crippen molar-refractivity contribution < 1.29 is 14.1 Å². The van der Waals surface area contributed by atoms with Gasteiger partial charge in [-0.2, -0.15) is 0 Å². The Hall–Kier alpha value is -2.67. The molecule has 0 unspecified atom stereocenters. The number of nitrogens with one attached hydrogen (secondary N) is 1. The normalized spacial score (nSPS) is 12.9. The fraction of sp³-hybridized carbons (Fsp3) is 0.269. The number of anilines is 1. The molecule has 0 radical (unpaired) electrons. The molecule has 2 N–H and O–H groups in total. The molecule has 33 heavy (non-hydrogen) atoms. The lowest BCUT2D eigenvalue weighted by Gasteiger charge is -2.32. The molecule has 1 heterocycles. The molecule has 4 rings (SSSR count). The topological polar surface area (TPSA) is 61.8 Å². The predicted octanol–water partition coefficient (Wildman–Crippen LogP) is 6.19. The fourth-order valence-electron chi connectivity index (χ4n) is 4.09. The van der Waals surface area contributed by atoms with Crippen LogP contribution in [0, 0.1) is 0 Å². The number of benzene rings is 3. The monoisotopic (exact) mass is 482 g/mol. The number of hydrogen-bond donors (Lipinski definition) is 2. The molecule has 0 aromatic heterocycles. The van der Waals surface area contributed by atoms with Crippen LogP contribution in [0.4, 0.5) is 5.69 Å². The molecule has 1 aliphatic rings. The first-order valence-electron chi connectivity index (χ1n) is 11.0. The molecule has 5 nitrogen and oxygen atoms in total. The number of hydrogen-bond acceptors (Lipinski definition) is 5. The van der Waals surface area contributed by atoms with E-state index in [1.807, 2.05) is 67.6 Å². The second-order valence-corrected chi connectivity index (χ2v) is 9.06. The lowest BCUT2D eigenvalue weighted by molar-refractivity contribution is 0.0951. The van der Waals surface area contributed by atoms with Crippen LogP contribution in [-0.2, 0) is 19.5 Å². The Morgan fingerprint density at radius 3 is 2.73 bits per heavy atom. The molecular weight excluding hydrogens is 456 g/mol. The Labute approximate surface area is 203 Å². The average Bonchev–Trinajstić information content (AvgIpc) is 2.84. The van der Waals surface area contributed by atoms with Crippen LogP contribution in [0.3, 0.4) is 0 Å². The third-order valence-electron chi connectivity index (χ3n) is 5.73. The van der Waals surface area contributed by atoms with Gasteiger partial charge in [-0.25, -0.2) is 0 Å². The molecule has 0 saturated heterocycles. The highest BCUT2D eigenvalue weighted by molar-refractivity contribution is 7.93. The van der Waals surface area contributed by atoms with Gasteiger partial charge in [0.25, 0.3) is 5.91 Å². The summed E-state index contributed by atoms with van der Waals surface area (Å²) in [5.74, 6) is 0.727. The minimum Gasteiger partial charge on any atom is -0.493 e. The van der Waals surface area contributed by atoms with Gasteiger partial charge < -0.3 is 19.5 Å². The van der Waals surface area contributed by atoms with Gasteiger partial charge >= 0.3 is 0 Å². The zero-order valence-corrected chi connectivity index (χ0v) is 20.1. The van der Waals surface area contributed by atoms with Crippen LogP contribution in [0.5, 0.6) is 5.75 Å². The van der Waals surface area contributed by atoms with Gasteiger partial charge in [-0.1, -0.05) is 29.8 Å². The molecule has 1 amide bonds. The number of ether oxygens (including phenoxy) is 1. The largest absolute Gasteiger partial charge is 0.493 e. The Bertz CT molecular complexity index is 1120. The van der Waals surface area contributed by atoms with Crippen LogP contribution in [0.15, 0.2) is 65.6 Å². The molecule has 0 aliphatic carbocycles. The van der Waals surface area contributed by atoms with E-state index in [-0.39, 0.29) is 5.91 Å². The lowest BCUT2D eigenvalue weighted by atomic mass is 9.98. The zero-order chi connectivity index (χ0) is 23.2. The highest BCUT2D eigenvalue weighted by Crippen LogP contribution is 2.32. The summed E-state index contributed by atoms with van der Waals surface area (Å²) >= 11 is 6.87. The highest BCUT2D eigenvalue weighted by Gasteiger charge is 2.20. The summed E-state index contributed by atoms with van der Waals surface area (Å²) in [5.41, 5.74) is 5.09. The van der Waals surface area contributed by atoms with Gasteiger partial charge in [0.15, 0.2) is 0 Å². The minimum absolute atomic E-state index is 0.0909. The summed E-state index contributed by atoms with van der Waals surface area (Å²) in [6, 6.07) is 19.2. The van der Waals surface area contributed by atoms with Gasteiger partial charge in [0.2, 0.25) is 0 Å². The van der Waals surface area contributed by atoms with E-state index in [2.05, 4.69) is 10.2 Å². The smallest absolute Gasteiger partial charge is 0.251 e. The Morgan fingerprint density at radius 1 is 1.15 bits per heavy atom. The van der Waals surface area contributed by atoms with Gasteiger partial charge in [-0.05, 0) is 73.4 Å². The Balaban J connectivity index is 1.46.